The molecular weight excluding hydrogens is 252 g/mol. The lowest BCUT2D eigenvalue weighted by Gasteiger charge is -2.24. The Labute approximate surface area is 118 Å². The third kappa shape index (κ3) is 2.04. The number of aromatic amines is 1. The minimum absolute atomic E-state index is 0.0673. The minimum atomic E-state index is -0.0673. The molecule has 1 aliphatic rings. The number of carbonyl (C=O) groups excluding carboxylic acids is 1. The third-order valence-corrected chi connectivity index (χ3v) is 3.86. The number of hydrogen-bond donors (Lipinski definition) is 3. The Balaban J connectivity index is 2.09. The zero-order valence-electron chi connectivity index (χ0n) is 11.7. The maximum absolute atomic E-state index is 12.2. The van der Waals surface area contributed by atoms with E-state index < -0.39 is 0 Å². The number of benzene rings is 1. The average Bonchev–Trinajstić information content (AvgIpc) is 2.84. The molecule has 0 saturated heterocycles. The van der Waals surface area contributed by atoms with Gasteiger partial charge in [0.1, 0.15) is 0 Å². The number of aromatic nitrogens is 1. The zero-order chi connectivity index (χ0) is 14.1. The van der Waals surface area contributed by atoms with Gasteiger partial charge in [-0.25, -0.2) is 0 Å². The highest BCUT2D eigenvalue weighted by Crippen LogP contribution is 2.35. The molecule has 0 unspecified atom stereocenters. The molecule has 0 atom stereocenters. The number of hydrogen-bond acceptors (Lipinski definition) is 3. The summed E-state index contributed by atoms with van der Waals surface area (Å²) in [7, 11) is 2.10. The molecule has 1 aromatic heterocycles. The highest BCUT2D eigenvalue weighted by Gasteiger charge is 2.21. The van der Waals surface area contributed by atoms with Crippen LogP contribution in [-0.2, 0) is 6.42 Å². The number of nitrogens with one attached hydrogen (secondary N) is 2. The maximum atomic E-state index is 12.2. The van der Waals surface area contributed by atoms with E-state index in [-0.39, 0.29) is 5.91 Å². The highest BCUT2D eigenvalue weighted by atomic mass is 16.1. The van der Waals surface area contributed by atoms with Gasteiger partial charge in [-0.1, -0.05) is 12.1 Å². The lowest BCUT2D eigenvalue weighted by atomic mass is 10.1. The molecule has 2 heterocycles. The number of aryl methyl sites for hydroxylation is 1. The van der Waals surface area contributed by atoms with E-state index in [0.29, 0.717) is 18.7 Å². The Morgan fingerprint density at radius 1 is 1.50 bits per heavy atom. The predicted molar refractivity (Wildman–Crippen MR) is 81.3 cm³/mol. The summed E-state index contributed by atoms with van der Waals surface area (Å²) in [5, 5.41) is 3.96. The number of rotatable bonds is 3. The second-order valence-corrected chi connectivity index (χ2v) is 5.25. The lowest BCUT2D eigenvalue weighted by Crippen LogP contribution is -2.29. The predicted octanol–water partition coefficient (Wildman–Crippen LogP) is 1.24. The van der Waals surface area contributed by atoms with Gasteiger partial charge in [-0.3, -0.25) is 4.79 Å². The number of H-pyrrole nitrogens is 1. The number of nitrogens with zero attached hydrogens (tertiary/aromatic N) is 1. The molecule has 0 bridgehead atoms. The van der Waals surface area contributed by atoms with Crippen LogP contribution in [0.5, 0.6) is 0 Å². The second-order valence-electron chi connectivity index (χ2n) is 5.25. The van der Waals surface area contributed by atoms with E-state index in [2.05, 4.69) is 28.3 Å². The van der Waals surface area contributed by atoms with Gasteiger partial charge in [0.15, 0.2) is 0 Å². The molecule has 4 N–H and O–H groups in total. The first kappa shape index (κ1) is 13.0. The molecule has 0 saturated carbocycles. The van der Waals surface area contributed by atoms with Crippen molar-refractivity contribution >= 4 is 22.5 Å². The van der Waals surface area contributed by atoms with E-state index in [1.807, 2.05) is 12.1 Å². The van der Waals surface area contributed by atoms with Gasteiger partial charge in [-0.2, -0.15) is 0 Å². The van der Waals surface area contributed by atoms with Crippen molar-refractivity contribution < 1.29 is 4.79 Å². The summed E-state index contributed by atoms with van der Waals surface area (Å²) in [6.45, 7) is 2.00. The fraction of sp³-hybridized carbons (Fsp3) is 0.400. The van der Waals surface area contributed by atoms with Crippen molar-refractivity contribution in [2.75, 3.05) is 31.6 Å². The smallest absolute Gasteiger partial charge is 0.253 e. The van der Waals surface area contributed by atoms with Gasteiger partial charge in [-0.05, 0) is 18.9 Å². The maximum Gasteiger partial charge on any atom is 0.253 e. The molecule has 2 aromatic rings. The number of fused-ring (bicyclic) bond motifs is 3. The summed E-state index contributed by atoms with van der Waals surface area (Å²) in [5.74, 6) is -0.0673. The molecule has 0 radical (unpaired) electrons. The monoisotopic (exact) mass is 272 g/mol. The first-order valence-corrected chi connectivity index (χ1v) is 7.05. The van der Waals surface area contributed by atoms with Crippen LogP contribution in [0.2, 0.25) is 0 Å². The lowest BCUT2D eigenvalue weighted by molar-refractivity contribution is 0.0956. The summed E-state index contributed by atoms with van der Waals surface area (Å²) >= 11 is 0. The SMILES string of the molecule is CN1CCCc2[nH]c3c(C(=O)NCCN)cccc3c21. The van der Waals surface area contributed by atoms with Crippen LogP contribution < -0.4 is 16.0 Å². The van der Waals surface area contributed by atoms with Gasteiger partial charge in [0.2, 0.25) is 0 Å². The topological polar surface area (TPSA) is 74.2 Å². The normalized spacial score (nSPS) is 14.4. The molecule has 0 aliphatic carbocycles. The number of anilines is 1. The van der Waals surface area contributed by atoms with Gasteiger partial charge < -0.3 is 20.9 Å². The van der Waals surface area contributed by atoms with E-state index in [1.54, 1.807) is 0 Å². The standard InChI is InChI=1S/C15H20N4O/c1-19-9-3-6-12-14(19)10-4-2-5-11(13(10)18-12)15(20)17-8-7-16/h2,4-5,18H,3,6-9,16H2,1H3,(H,17,20). The van der Waals surface area contributed by atoms with E-state index in [4.69, 9.17) is 5.73 Å². The molecule has 5 heteroatoms. The van der Waals surface area contributed by atoms with Crippen LogP contribution in [0.15, 0.2) is 18.2 Å². The van der Waals surface area contributed by atoms with Gasteiger partial charge in [0.25, 0.3) is 5.91 Å². The van der Waals surface area contributed by atoms with Crippen LogP contribution in [-0.4, -0.2) is 37.6 Å². The first-order chi connectivity index (χ1) is 9.72. The van der Waals surface area contributed by atoms with Crippen molar-refractivity contribution in [2.24, 2.45) is 5.73 Å². The summed E-state index contributed by atoms with van der Waals surface area (Å²) in [6.07, 6.45) is 2.18. The molecule has 1 aliphatic heterocycles. The molecule has 1 aromatic carbocycles. The zero-order valence-corrected chi connectivity index (χ0v) is 11.7. The fourth-order valence-electron chi connectivity index (χ4n) is 2.95. The number of para-hydroxylation sites is 1. The molecule has 0 fully saturated rings. The minimum Gasteiger partial charge on any atom is -0.373 e. The fourth-order valence-corrected chi connectivity index (χ4v) is 2.95. The molecule has 1 amide bonds. The van der Waals surface area contributed by atoms with E-state index in [1.165, 1.54) is 11.4 Å². The van der Waals surface area contributed by atoms with Crippen molar-refractivity contribution in [3.63, 3.8) is 0 Å². The summed E-state index contributed by atoms with van der Waals surface area (Å²) in [6, 6.07) is 5.87. The number of amides is 1. The van der Waals surface area contributed by atoms with Crippen LogP contribution in [0.25, 0.3) is 10.9 Å². The Morgan fingerprint density at radius 2 is 2.35 bits per heavy atom. The van der Waals surface area contributed by atoms with E-state index in [9.17, 15) is 4.79 Å². The van der Waals surface area contributed by atoms with Crippen molar-refractivity contribution in [3.05, 3.63) is 29.5 Å². The molecular formula is C15H20N4O. The molecule has 0 spiro atoms. The van der Waals surface area contributed by atoms with Crippen LogP contribution in [0.1, 0.15) is 22.5 Å². The summed E-state index contributed by atoms with van der Waals surface area (Å²) < 4.78 is 0. The first-order valence-electron chi connectivity index (χ1n) is 7.05. The second kappa shape index (κ2) is 5.17. The van der Waals surface area contributed by atoms with Gasteiger partial charge in [0, 0.05) is 37.8 Å². The summed E-state index contributed by atoms with van der Waals surface area (Å²) in [5.41, 5.74) is 9.53. The molecule has 20 heavy (non-hydrogen) atoms. The van der Waals surface area contributed by atoms with Crippen LogP contribution in [0, 0.1) is 0 Å². The summed E-state index contributed by atoms with van der Waals surface area (Å²) in [4.78, 5) is 17.9. The van der Waals surface area contributed by atoms with Gasteiger partial charge >= 0.3 is 0 Å². The van der Waals surface area contributed by atoms with Crippen LogP contribution in [0.3, 0.4) is 0 Å². The largest absolute Gasteiger partial charge is 0.373 e. The van der Waals surface area contributed by atoms with Crippen LogP contribution >= 0.6 is 0 Å². The van der Waals surface area contributed by atoms with Crippen molar-refractivity contribution in [1.29, 1.82) is 0 Å². The Kier molecular flexibility index (Phi) is 3.36. The molecule has 5 nitrogen and oxygen atoms in total. The average molecular weight is 272 g/mol. The molecule has 106 valence electrons. The Bertz CT molecular complexity index is 647. The van der Waals surface area contributed by atoms with Crippen LogP contribution in [0.4, 0.5) is 5.69 Å². The third-order valence-electron chi connectivity index (χ3n) is 3.86. The van der Waals surface area contributed by atoms with E-state index >= 15 is 0 Å². The number of carbonyl (C=O) groups is 1. The van der Waals surface area contributed by atoms with Crippen molar-refractivity contribution in [3.8, 4) is 0 Å². The highest BCUT2D eigenvalue weighted by molar-refractivity contribution is 6.09. The van der Waals surface area contributed by atoms with Gasteiger partial charge in [-0.15, -0.1) is 0 Å². The molecule has 3 rings (SSSR count). The van der Waals surface area contributed by atoms with Gasteiger partial charge in [0.05, 0.1) is 16.8 Å². The Hall–Kier alpha value is -2.01. The number of nitrogens with two attached hydrogens (primary N) is 1. The van der Waals surface area contributed by atoms with E-state index in [0.717, 1.165) is 30.3 Å². The Morgan fingerprint density at radius 3 is 3.15 bits per heavy atom. The van der Waals surface area contributed by atoms with Crippen molar-refractivity contribution in [1.82, 2.24) is 10.3 Å². The van der Waals surface area contributed by atoms with Crippen molar-refractivity contribution in [2.45, 2.75) is 12.8 Å². The quantitative estimate of drug-likeness (QED) is 0.787.